The van der Waals surface area contributed by atoms with Crippen molar-refractivity contribution in [2.45, 2.75) is 169 Å². The van der Waals surface area contributed by atoms with Gasteiger partial charge in [0.2, 0.25) is 0 Å². The number of carbonyl (C=O) groups is 3. The van der Waals surface area contributed by atoms with Crippen LogP contribution >= 0.6 is 0 Å². The van der Waals surface area contributed by atoms with Crippen LogP contribution in [0.2, 0.25) is 0 Å². The zero-order valence-corrected chi connectivity index (χ0v) is 29.8. The molecule has 264 valence electrons. The molecule has 0 aromatic heterocycles. The minimum atomic E-state index is -0.891. The molecule has 3 unspecified atom stereocenters. The van der Waals surface area contributed by atoms with E-state index in [0.717, 1.165) is 38.5 Å². The summed E-state index contributed by atoms with van der Waals surface area (Å²) in [5.74, 6) is -4.54. The second-order valence-electron chi connectivity index (χ2n) is 13.6. The van der Waals surface area contributed by atoms with Crippen molar-refractivity contribution in [3.8, 4) is 0 Å². The Hall–Kier alpha value is -1.89. The average molecular weight is 639 g/mol. The predicted octanol–water partition coefficient (Wildman–Crippen LogP) is 10.1. The fraction of sp³-hybridized carbons (Fsp3) is 0.868. The summed E-state index contributed by atoms with van der Waals surface area (Å²) < 4.78 is 0.249. The van der Waals surface area contributed by atoms with Gasteiger partial charge in [0.25, 0.3) is 0 Å². The van der Waals surface area contributed by atoms with Gasteiger partial charge >= 0.3 is 17.9 Å². The van der Waals surface area contributed by atoms with Gasteiger partial charge in [-0.05, 0) is 57.8 Å². The zero-order valence-electron chi connectivity index (χ0n) is 29.8. The monoisotopic (exact) mass is 639 g/mol. The molecule has 0 radical (unpaired) electrons. The SMILES string of the molecule is CCCCCCCCCCCCCCC/C=C/CCCCCC[N+](CC(CC)C(=O)O)(CC(CC)C(=O)O)CC(CC)C(=O)O. The largest absolute Gasteiger partial charge is 0.481 e. The lowest BCUT2D eigenvalue weighted by Crippen LogP contribution is -2.58. The van der Waals surface area contributed by atoms with E-state index < -0.39 is 35.7 Å². The van der Waals surface area contributed by atoms with Gasteiger partial charge in [-0.1, -0.05) is 123 Å². The molecule has 0 heterocycles. The Kier molecular flexibility index (Phi) is 27.2. The summed E-state index contributed by atoms with van der Waals surface area (Å²) in [7, 11) is 0. The Morgan fingerprint density at radius 1 is 0.467 bits per heavy atom. The van der Waals surface area contributed by atoms with Crippen LogP contribution in [-0.4, -0.2) is 63.9 Å². The Morgan fingerprint density at radius 2 is 0.756 bits per heavy atom. The summed E-state index contributed by atoms with van der Waals surface area (Å²) in [5, 5.41) is 29.5. The molecule has 0 saturated carbocycles. The molecule has 0 saturated heterocycles. The van der Waals surface area contributed by atoms with Crippen molar-refractivity contribution in [1.29, 1.82) is 0 Å². The highest BCUT2D eigenvalue weighted by molar-refractivity contribution is 5.71. The number of carboxylic acid groups (broad SMARTS) is 3. The van der Waals surface area contributed by atoms with Gasteiger partial charge in [-0.2, -0.15) is 0 Å². The van der Waals surface area contributed by atoms with Crippen LogP contribution in [0.4, 0.5) is 0 Å². The molecule has 0 aliphatic carbocycles. The summed E-state index contributed by atoms with van der Waals surface area (Å²) in [5.41, 5.74) is 0. The van der Waals surface area contributed by atoms with E-state index in [-0.39, 0.29) is 24.1 Å². The molecule has 3 atom stereocenters. The van der Waals surface area contributed by atoms with E-state index in [1.807, 2.05) is 20.8 Å². The van der Waals surface area contributed by atoms with Gasteiger partial charge in [-0.3, -0.25) is 14.4 Å². The summed E-state index contributed by atoms with van der Waals surface area (Å²) >= 11 is 0. The van der Waals surface area contributed by atoms with Crippen molar-refractivity contribution in [2.75, 3.05) is 26.2 Å². The molecule has 0 aliphatic heterocycles. The highest BCUT2D eigenvalue weighted by Crippen LogP contribution is 2.25. The van der Waals surface area contributed by atoms with Crippen LogP contribution in [0.3, 0.4) is 0 Å². The third-order valence-corrected chi connectivity index (χ3v) is 9.74. The third-order valence-electron chi connectivity index (χ3n) is 9.74. The number of hydrogen-bond acceptors (Lipinski definition) is 3. The average Bonchev–Trinajstić information content (AvgIpc) is 3.01. The van der Waals surface area contributed by atoms with Crippen molar-refractivity contribution >= 4 is 17.9 Å². The Labute approximate surface area is 276 Å². The maximum Gasteiger partial charge on any atom is 0.312 e. The van der Waals surface area contributed by atoms with Crippen molar-refractivity contribution in [3.05, 3.63) is 12.2 Å². The minimum Gasteiger partial charge on any atom is -0.481 e. The molecule has 0 fully saturated rings. The van der Waals surface area contributed by atoms with Gasteiger partial charge in [0.1, 0.15) is 17.8 Å². The Balaban J connectivity index is 4.54. The van der Waals surface area contributed by atoms with E-state index in [2.05, 4.69) is 19.1 Å². The van der Waals surface area contributed by atoms with E-state index in [4.69, 9.17) is 0 Å². The van der Waals surface area contributed by atoms with Crippen LogP contribution in [0.15, 0.2) is 12.2 Å². The van der Waals surface area contributed by atoms with Gasteiger partial charge in [0, 0.05) is 0 Å². The number of unbranched alkanes of at least 4 members (excludes halogenated alkanes) is 17. The van der Waals surface area contributed by atoms with Gasteiger partial charge < -0.3 is 19.8 Å². The molecule has 45 heavy (non-hydrogen) atoms. The van der Waals surface area contributed by atoms with Crippen molar-refractivity contribution < 1.29 is 34.2 Å². The van der Waals surface area contributed by atoms with Gasteiger partial charge in [0.15, 0.2) is 0 Å². The molecule has 0 aromatic carbocycles. The first kappa shape index (κ1) is 43.1. The van der Waals surface area contributed by atoms with Gasteiger partial charge in [-0.15, -0.1) is 0 Å². The molecular formula is C38H72NO6+. The van der Waals surface area contributed by atoms with Crippen molar-refractivity contribution in [2.24, 2.45) is 17.8 Å². The molecule has 0 aliphatic rings. The molecular weight excluding hydrogens is 566 g/mol. The lowest BCUT2D eigenvalue weighted by atomic mass is 9.95. The fourth-order valence-corrected chi connectivity index (χ4v) is 6.62. The quantitative estimate of drug-likeness (QED) is 0.0375. The molecule has 0 spiro atoms. The summed E-state index contributed by atoms with van der Waals surface area (Å²) in [6.45, 7) is 9.24. The van der Waals surface area contributed by atoms with Crippen molar-refractivity contribution in [1.82, 2.24) is 0 Å². The maximum absolute atomic E-state index is 12.0. The first-order valence-corrected chi connectivity index (χ1v) is 18.8. The van der Waals surface area contributed by atoms with E-state index >= 15 is 0 Å². The van der Waals surface area contributed by atoms with Crippen LogP contribution in [0.5, 0.6) is 0 Å². The van der Waals surface area contributed by atoms with E-state index in [1.165, 1.54) is 83.5 Å². The number of quaternary nitrogens is 1. The molecule has 0 bridgehead atoms. The lowest BCUT2D eigenvalue weighted by molar-refractivity contribution is -0.935. The van der Waals surface area contributed by atoms with Gasteiger partial charge in [-0.25, -0.2) is 0 Å². The molecule has 7 heteroatoms. The summed E-state index contributed by atoms with van der Waals surface area (Å²) in [6.07, 6.45) is 30.0. The van der Waals surface area contributed by atoms with E-state index in [1.54, 1.807) is 0 Å². The second-order valence-corrected chi connectivity index (χ2v) is 13.6. The van der Waals surface area contributed by atoms with Crippen LogP contribution in [0.25, 0.3) is 0 Å². The number of carboxylic acids is 3. The topological polar surface area (TPSA) is 112 Å². The highest BCUT2D eigenvalue weighted by Gasteiger charge is 2.40. The fourth-order valence-electron chi connectivity index (χ4n) is 6.62. The standard InChI is InChI=1S/C38H71NO6/c1-5-9-10-11-12-13-14-15-16-17-18-19-20-21-22-23-24-25-26-27-28-29-39(30-33(6-2)36(40)41,31-34(7-3)37(42)43)32-35(8-4)38(44)45/h22-23,33-35H,5-21,24-32H2,1-4H3,(H2-,40,41,42,43,44,45)/p+1/b23-22+. The van der Waals surface area contributed by atoms with Crippen molar-refractivity contribution in [3.63, 3.8) is 0 Å². The predicted molar refractivity (Wildman–Crippen MR) is 187 cm³/mol. The maximum atomic E-state index is 12.0. The minimum absolute atomic E-state index is 0.249. The Bertz CT molecular complexity index is 722. The van der Waals surface area contributed by atoms with E-state index in [0.29, 0.717) is 25.8 Å². The molecule has 3 N–H and O–H groups in total. The zero-order chi connectivity index (χ0) is 33.8. The number of allylic oxidation sites excluding steroid dienone is 2. The van der Waals surface area contributed by atoms with Crippen LogP contribution in [0.1, 0.15) is 169 Å². The lowest BCUT2D eigenvalue weighted by Gasteiger charge is -2.43. The summed E-state index contributed by atoms with van der Waals surface area (Å²) in [4.78, 5) is 36.0. The number of rotatable bonds is 33. The van der Waals surface area contributed by atoms with Crippen LogP contribution < -0.4 is 0 Å². The van der Waals surface area contributed by atoms with Crippen LogP contribution in [-0.2, 0) is 14.4 Å². The highest BCUT2D eigenvalue weighted by atomic mass is 16.4. The first-order chi connectivity index (χ1) is 21.7. The third kappa shape index (κ3) is 22.3. The molecule has 0 rings (SSSR count). The Morgan fingerprint density at radius 3 is 1.04 bits per heavy atom. The molecule has 0 amide bonds. The number of nitrogens with zero attached hydrogens (tertiary/aromatic N) is 1. The summed E-state index contributed by atoms with van der Waals surface area (Å²) in [6, 6.07) is 0. The second kappa shape index (κ2) is 28.3. The number of hydrogen-bond donors (Lipinski definition) is 3. The first-order valence-electron chi connectivity index (χ1n) is 18.8. The normalized spacial score (nSPS) is 15.1. The smallest absolute Gasteiger partial charge is 0.312 e. The molecule has 0 aromatic rings. The van der Waals surface area contributed by atoms with E-state index in [9.17, 15) is 29.7 Å². The van der Waals surface area contributed by atoms with Crippen LogP contribution in [0, 0.1) is 17.8 Å². The van der Waals surface area contributed by atoms with Gasteiger partial charge in [0.05, 0.1) is 26.2 Å². The number of aliphatic carboxylic acids is 3. The molecule has 7 nitrogen and oxygen atoms in total.